The van der Waals surface area contributed by atoms with Gasteiger partial charge in [-0.3, -0.25) is 0 Å². The maximum absolute atomic E-state index is 3.56. The van der Waals surface area contributed by atoms with E-state index in [4.69, 9.17) is 0 Å². The molecule has 2 heteroatoms. The molecule has 1 atom stereocenters. The Kier molecular flexibility index (Phi) is 6.28. The van der Waals surface area contributed by atoms with Gasteiger partial charge in [0.15, 0.2) is 0 Å². The molecule has 1 unspecified atom stereocenters. The molecule has 22 heavy (non-hydrogen) atoms. The van der Waals surface area contributed by atoms with E-state index in [0.29, 0.717) is 5.92 Å². The minimum absolute atomic E-state index is 0.0478. The fraction of sp³-hybridized carbons (Fsp3) is 0.400. The minimum atomic E-state index is 0.0478. The van der Waals surface area contributed by atoms with E-state index in [1.807, 2.05) is 0 Å². The number of hydrogen-bond donors (Lipinski definition) is 0. The zero-order valence-electron chi connectivity index (χ0n) is 13.6. The van der Waals surface area contributed by atoms with Crippen molar-refractivity contribution in [3.63, 3.8) is 0 Å². The van der Waals surface area contributed by atoms with Gasteiger partial charge in [-0.2, -0.15) is 0 Å². The lowest BCUT2D eigenvalue weighted by atomic mass is 9.65. The molecule has 2 rings (SSSR count). The summed E-state index contributed by atoms with van der Waals surface area (Å²) in [6.07, 6.45) is 3.66. The van der Waals surface area contributed by atoms with E-state index in [1.54, 1.807) is 0 Å². The third-order valence-electron chi connectivity index (χ3n) is 4.83. The smallest absolute Gasteiger partial charge is 0.0202 e. The third kappa shape index (κ3) is 3.65. The molecule has 0 nitrogen and oxygen atoms in total. The topological polar surface area (TPSA) is 0 Å². The highest BCUT2D eigenvalue weighted by Crippen LogP contribution is 2.43. The second kappa shape index (κ2) is 7.79. The highest BCUT2D eigenvalue weighted by atomic mass is 79.9. The van der Waals surface area contributed by atoms with Crippen LogP contribution in [0.1, 0.15) is 51.2 Å². The number of benzene rings is 2. The molecule has 2 aromatic carbocycles. The van der Waals surface area contributed by atoms with Crippen molar-refractivity contribution in [1.29, 1.82) is 0 Å². The molecule has 0 radical (unpaired) electrons. The third-order valence-corrected chi connectivity index (χ3v) is 5.89. The fourth-order valence-electron chi connectivity index (χ4n) is 3.48. The van der Waals surface area contributed by atoms with E-state index >= 15 is 0 Å². The molecule has 2 aromatic rings. The van der Waals surface area contributed by atoms with Crippen LogP contribution in [-0.2, 0) is 5.41 Å². The SMILES string of the molecule is CCCC(CC)C(C)(c1ccc(Br)cc1)c1ccc(Br)cc1. The van der Waals surface area contributed by atoms with E-state index < -0.39 is 0 Å². The van der Waals surface area contributed by atoms with Crippen LogP contribution in [0.3, 0.4) is 0 Å². The van der Waals surface area contributed by atoms with E-state index in [9.17, 15) is 0 Å². The molecule has 0 saturated carbocycles. The second-order valence-corrected chi connectivity index (χ2v) is 7.94. The van der Waals surface area contributed by atoms with Crippen LogP contribution in [0.15, 0.2) is 57.5 Å². The predicted octanol–water partition coefficient (Wildman–Crippen LogP) is 7.34. The maximum atomic E-state index is 3.56. The van der Waals surface area contributed by atoms with E-state index in [0.717, 1.165) is 8.95 Å². The average Bonchev–Trinajstić information content (AvgIpc) is 2.53. The van der Waals surface area contributed by atoms with Crippen LogP contribution in [0, 0.1) is 5.92 Å². The average molecular weight is 424 g/mol. The Morgan fingerprint density at radius 1 is 0.818 bits per heavy atom. The summed E-state index contributed by atoms with van der Waals surface area (Å²) in [7, 11) is 0. The van der Waals surface area contributed by atoms with Gasteiger partial charge < -0.3 is 0 Å². The van der Waals surface area contributed by atoms with Crippen molar-refractivity contribution in [3.05, 3.63) is 68.6 Å². The second-order valence-electron chi connectivity index (χ2n) is 6.11. The molecule has 0 fully saturated rings. The van der Waals surface area contributed by atoms with Crippen molar-refractivity contribution in [2.75, 3.05) is 0 Å². The molecule has 0 saturated heterocycles. The van der Waals surface area contributed by atoms with Crippen LogP contribution >= 0.6 is 31.9 Å². The van der Waals surface area contributed by atoms with E-state index in [-0.39, 0.29) is 5.41 Å². The highest BCUT2D eigenvalue weighted by molar-refractivity contribution is 9.10. The van der Waals surface area contributed by atoms with E-state index in [1.165, 1.54) is 30.4 Å². The van der Waals surface area contributed by atoms with Crippen molar-refractivity contribution >= 4 is 31.9 Å². The zero-order chi connectivity index (χ0) is 16.2. The molecule has 0 aliphatic heterocycles. The first-order valence-corrected chi connectivity index (χ1v) is 9.63. The lowest BCUT2D eigenvalue weighted by molar-refractivity contribution is 0.311. The van der Waals surface area contributed by atoms with Gasteiger partial charge in [0.1, 0.15) is 0 Å². The van der Waals surface area contributed by atoms with Crippen LogP contribution < -0.4 is 0 Å². The molecule has 0 aromatic heterocycles. The molecule has 0 amide bonds. The molecular weight excluding hydrogens is 400 g/mol. The van der Waals surface area contributed by atoms with E-state index in [2.05, 4.69) is 101 Å². The molecule has 0 aliphatic rings. The summed E-state index contributed by atoms with van der Waals surface area (Å²) in [4.78, 5) is 0. The van der Waals surface area contributed by atoms with Gasteiger partial charge in [0, 0.05) is 14.4 Å². The van der Waals surface area contributed by atoms with Gasteiger partial charge in [0.05, 0.1) is 0 Å². The van der Waals surface area contributed by atoms with Gasteiger partial charge in [-0.1, -0.05) is 89.7 Å². The Bertz CT molecular complexity index is 539. The Hall–Kier alpha value is -0.600. The van der Waals surface area contributed by atoms with Gasteiger partial charge in [0.25, 0.3) is 0 Å². The van der Waals surface area contributed by atoms with Crippen LogP contribution in [0.2, 0.25) is 0 Å². The molecule has 0 N–H and O–H groups in total. The summed E-state index contributed by atoms with van der Waals surface area (Å²) in [5.74, 6) is 0.639. The molecule has 118 valence electrons. The number of rotatable bonds is 6. The minimum Gasteiger partial charge on any atom is -0.0654 e. The molecule has 0 aliphatic carbocycles. The fourth-order valence-corrected chi connectivity index (χ4v) is 4.01. The number of hydrogen-bond acceptors (Lipinski definition) is 0. The highest BCUT2D eigenvalue weighted by Gasteiger charge is 2.36. The van der Waals surface area contributed by atoms with Gasteiger partial charge in [0.2, 0.25) is 0 Å². The molecular formula is C20H24Br2. The zero-order valence-corrected chi connectivity index (χ0v) is 16.7. The van der Waals surface area contributed by atoms with Crippen molar-refractivity contribution in [1.82, 2.24) is 0 Å². The number of halogens is 2. The summed E-state index contributed by atoms with van der Waals surface area (Å²) < 4.78 is 2.27. The standard InChI is InChI=1S/C20H24Br2/c1-4-6-15(5-2)20(3,16-7-11-18(21)12-8-16)17-9-13-19(22)14-10-17/h7-15H,4-6H2,1-3H3. The predicted molar refractivity (Wildman–Crippen MR) is 103 cm³/mol. The van der Waals surface area contributed by atoms with Crippen LogP contribution in [-0.4, -0.2) is 0 Å². The van der Waals surface area contributed by atoms with Crippen molar-refractivity contribution in [2.45, 2.75) is 45.4 Å². The van der Waals surface area contributed by atoms with Crippen LogP contribution in [0.25, 0.3) is 0 Å². The summed E-state index contributed by atoms with van der Waals surface area (Å²) in [5.41, 5.74) is 2.85. The lowest BCUT2D eigenvalue weighted by Gasteiger charge is -2.39. The van der Waals surface area contributed by atoms with Crippen LogP contribution in [0.4, 0.5) is 0 Å². The van der Waals surface area contributed by atoms with Crippen LogP contribution in [0.5, 0.6) is 0 Å². The monoisotopic (exact) mass is 422 g/mol. The Labute approximate surface area is 151 Å². The first kappa shape index (κ1) is 17.7. The van der Waals surface area contributed by atoms with Gasteiger partial charge in [-0.15, -0.1) is 0 Å². The van der Waals surface area contributed by atoms with Gasteiger partial charge >= 0.3 is 0 Å². The summed E-state index contributed by atoms with van der Waals surface area (Å²) in [6, 6.07) is 17.7. The maximum Gasteiger partial charge on any atom is 0.0202 e. The lowest BCUT2D eigenvalue weighted by Crippen LogP contribution is -2.33. The Morgan fingerprint density at radius 3 is 1.55 bits per heavy atom. The molecule has 0 heterocycles. The Balaban J connectivity index is 2.56. The molecule has 0 bridgehead atoms. The summed E-state index contributed by atoms with van der Waals surface area (Å²) in [5, 5.41) is 0. The van der Waals surface area contributed by atoms with Crippen molar-refractivity contribution in [3.8, 4) is 0 Å². The van der Waals surface area contributed by atoms with Crippen molar-refractivity contribution < 1.29 is 0 Å². The largest absolute Gasteiger partial charge is 0.0654 e. The summed E-state index contributed by atoms with van der Waals surface area (Å²) in [6.45, 7) is 7.01. The van der Waals surface area contributed by atoms with Gasteiger partial charge in [-0.05, 0) is 47.7 Å². The first-order valence-electron chi connectivity index (χ1n) is 8.04. The van der Waals surface area contributed by atoms with Crippen molar-refractivity contribution in [2.24, 2.45) is 5.92 Å². The summed E-state index contributed by atoms with van der Waals surface area (Å²) >= 11 is 7.11. The Morgan fingerprint density at radius 2 is 1.23 bits per heavy atom. The van der Waals surface area contributed by atoms with Gasteiger partial charge in [-0.25, -0.2) is 0 Å². The first-order chi connectivity index (χ1) is 10.5. The quantitative estimate of drug-likeness (QED) is 0.455. The normalized spacial score (nSPS) is 13.1. The molecule has 0 spiro atoms.